The molecule has 32 heavy (non-hydrogen) atoms. The van der Waals surface area contributed by atoms with Crippen molar-refractivity contribution in [3.8, 4) is 5.75 Å². The Balaban J connectivity index is 2.10. The highest BCUT2D eigenvalue weighted by atomic mass is 35.5. The third-order valence-corrected chi connectivity index (χ3v) is 5.83. The normalized spacial score (nSPS) is 18.1. The summed E-state index contributed by atoms with van der Waals surface area (Å²) < 4.78 is 5.64. The van der Waals surface area contributed by atoms with Crippen LogP contribution in [-0.2, 0) is 9.59 Å². The van der Waals surface area contributed by atoms with Gasteiger partial charge < -0.3 is 19.6 Å². The third kappa shape index (κ3) is 5.09. The Bertz CT molecular complexity index is 1050. The van der Waals surface area contributed by atoms with Gasteiger partial charge in [-0.1, -0.05) is 29.3 Å². The van der Waals surface area contributed by atoms with E-state index < -0.39 is 17.7 Å². The number of likely N-dealkylation sites (N-methyl/N-ethyl adjacent to an activating group) is 1. The van der Waals surface area contributed by atoms with Crippen molar-refractivity contribution in [3.63, 3.8) is 0 Å². The van der Waals surface area contributed by atoms with Crippen LogP contribution in [0.5, 0.6) is 5.75 Å². The molecule has 0 radical (unpaired) electrons. The number of carbonyl (C=O) groups is 2. The average molecular weight is 477 g/mol. The van der Waals surface area contributed by atoms with E-state index in [2.05, 4.69) is 0 Å². The molecule has 1 fully saturated rings. The van der Waals surface area contributed by atoms with Crippen LogP contribution in [0.3, 0.4) is 0 Å². The van der Waals surface area contributed by atoms with Crippen molar-refractivity contribution >= 4 is 40.7 Å². The van der Waals surface area contributed by atoms with Gasteiger partial charge in [0.2, 0.25) is 0 Å². The lowest BCUT2D eigenvalue weighted by Gasteiger charge is -2.26. The molecular formula is C24H26Cl2N2O4. The second-order valence-corrected chi connectivity index (χ2v) is 8.97. The van der Waals surface area contributed by atoms with Crippen LogP contribution < -0.4 is 4.74 Å². The molecule has 0 saturated carbocycles. The molecule has 1 heterocycles. The highest BCUT2D eigenvalue weighted by molar-refractivity contribution is 6.46. The van der Waals surface area contributed by atoms with Crippen LogP contribution >= 0.6 is 23.2 Å². The molecule has 1 saturated heterocycles. The number of hydrogen-bond acceptors (Lipinski definition) is 5. The van der Waals surface area contributed by atoms with E-state index in [1.807, 2.05) is 32.8 Å². The van der Waals surface area contributed by atoms with E-state index in [0.29, 0.717) is 40.0 Å². The van der Waals surface area contributed by atoms with Gasteiger partial charge in [-0.3, -0.25) is 9.59 Å². The maximum Gasteiger partial charge on any atom is 0.295 e. The lowest BCUT2D eigenvalue weighted by Crippen LogP contribution is -2.35. The van der Waals surface area contributed by atoms with Gasteiger partial charge in [0, 0.05) is 18.7 Å². The summed E-state index contributed by atoms with van der Waals surface area (Å²) in [6, 6.07) is 10.9. The smallest absolute Gasteiger partial charge is 0.295 e. The SMILES string of the molecule is CC(C)Oc1ccc(C(O)=C2C(=O)C(=O)N(CCN(C)C)[C@@H]2c2ccc(Cl)c(Cl)c2)cc1. The molecule has 8 heteroatoms. The van der Waals surface area contributed by atoms with Gasteiger partial charge in [0.1, 0.15) is 11.5 Å². The molecular weight excluding hydrogens is 451 g/mol. The highest BCUT2D eigenvalue weighted by Gasteiger charge is 2.46. The number of Topliss-reactive ketones (excluding diaryl/α,β-unsaturated/α-hetero) is 1. The first kappa shape index (κ1) is 24.1. The number of ketones is 1. The maximum atomic E-state index is 13.0. The number of likely N-dealkylation sites (tertiary alicyclic amines) is 1. The molecule has 1 aliphatic rings. The van der Waals surface area contributed by atoms with Crippen LogP contribution in [0.2, 0.25) is 10.0 Å². The zero-order chi connectivity index (χ0) is 23.6. The fourth-order valence-corrected chi connectivity index (χ4v) is 3.87. The van der Waals surface area contributed by atoms with E-state index in [0.717, 1.165) is 0 Å². The molecule has 2 aromatic rings. The Morgan fingerprint density at radius 2 is 1.75 bits per heavy atom. The van der Waals surface area contributed by atoms with E-state index >= 15 is 0 Å². The summed E-state index contributed by atoms with van der Waals surface area (Å²) in [7, 11) is 3.76. The summed E-state index contributed by atoms with van der Waals surface area (Å²) in [5.41, 5.74) is 1.03. The van der Waals surface area contributed by atoms with Crippen molar-refractivity contribution < 1.29 is 19.4 Å². The third-order valence-electron chi connectivity index (χ3n) is 5.09. The first-order valence-electron chi connectivity index (χ1n) is 10.2. The number of aliphatic hydroxyl groups is 1. The summed E-state index contributed by atoms with van der Waals surface area (Å²) in [6.45, 7) is 4.69. The summed E-state index contributed by atoms with van der Waals surface area (Å²) in [4.78, 5) is 29.3. The largest absolute Gasteiger partial charge is 0.507 e. The van der Waals surface area contributed by atoms with Crippen LogP contribution in [0.25, 0.3) is 5.76 Å². The summed E-state index contributed by atoms with van der Waals surface area (Å²) in [5, 5.41) is 11.8. The number of benzene rings is 2. The second kappa shape index (κ2) is 9.94. The van der Waals surface area contributed by atoms with Gasteiger partial charge in [-0.15, -0.1) is 0 Å². The Morgan fingerprint density at radius 1 is 1.09 bits per heavy atom. The molecule has 0 aliphatic carbocycles. The number of ether oxygens (including phenoxy) is 1. The standard InChI is InChI=1S/C24H26Cl2N2O4/c1-14(2)32-17-8-5-15(6-9-17)22(29)20-21(16-7-10-18(25)19(26)13-16)28(12-11-27(3)4)24(31)23(20)30/h5-10,13-14,21,29H,11-12H2,1-4H3/t21-/m1/s1. The molecule has 3 rings (SSSR count). The number of amides is 1. The summed E-state index contributed by atoms with van der Waals surface area (Å²) in [5.74, 6) is -1.00. The number of hydrogen-bond donors (Lipinski definition) is 1. The number of rotatable bonds is 7. The first-order chi connectivity index (χ1) is 15.1. The molecule has 6 nitrogen and oxygen atoms in total. The minimum Gasteiger partial charge on any atom is -0.507 e. The van der Waals surface area contributed by atoms with Crippen LogP contribution in [0.1, 0.15) is 31.0 Å². The van der Waals surface area contributed by atoms with E-state index in [9.17, 15) is 14.7 Å². The quantitative estimate of drug-likeness (QED) is 0.354. The van der Waals surface area contributed by atoms with E-state index in [-0.39, 0.29) is 17.4 Å². The zero-order valence-corrected chi connectivity index (χ0v) is 19.9. The van der Waals surface area contributed by atoms with Gasteiger partial charge in [0.05, 0.1) is 27.8 Å². The molecule has 1 amide bonds. The molecule has 0 spiro atoms. The van der Waals surface area contributed by atoms with E-state index in [4.69, 9.17) is 27.9 Å². The van der Waals surface area contributed by atoms with E-state index in [1.54, 1.807) is 42.5 Å². The predicted octanol–water partition coefficient (Wildman–Crippen LogP) is 4.76. The predicted molar refractivity (Wildman–Crippen MR) is 126 cm³/mol. The fourth-order valence-electron chi connectivity index (χ4n) is 3.57. The Kier molecular flexibility index (Phi) is 7.49. The van der Waals surface area contributed by atoms with Gasteiger partial charge in [-0.05, 0) is 69.9 Å². The van der Waals surface area contributed by atoms with Gasteiger partial charge in [-0.25, -0.2) is 0 Å². The van der Waals surface area contributed by atoms with Crippen molar-refractivity contribution in [1.29, 1.82) is 0 Å². The maximum absolute atomic E-state index is 13.0. The summed E-state index contributed by atoms with van der Waals surface area (Å²) >= 11 is 12.3. The molecule has 1 atom stereocenters. The first-order valence-corrected chi connectivity index (χ1v) is 11.0. The molecule has 0 aromatic heterocycles. The lowest BCUT2D eigenvalue weighted by atomic mass is 9.95. The minimum absolute atomic E-state index is 0.00567. The minimum atomic E-state index is -0.781. The molecule has 1 aliphatic heterocycles. The van der Waals surface area contributed by atoms with Gasteiger partial charge in [0.15, 0.2) is 0 Å². The highest BCUT2D eigenvalue weighted by Crippen LogP contribution is 2.41. The van der Waals surface area contributed by atoms with Gasteiger partial charge in [-0.2, -0.15) is 0 Å². The summed E-state index contributed by atoms with van der Waals surface area (Å²) in [6.07, 6.45) is 0.00567. The number of nitrogens with zero attached hydrogens (tertiary/aromatic N) is 2. The topological polar surface area (TPSA) is 70.1 Å². The number of carbonyl (C=O) groups excluding carboxylic acids is 2. The molecule has 1 N–H and O–H groups in total. The average Bonchev–Trinajstić information content (AvgIpc) is 2.98. The second-order valence-electron chi connectivity index (χ2n) is 8.16. The van der Waals surface area contributed by atoms with Crippen molar-refractivity contribution in [2.24, 2.45) is 0 Å². The van der Waals surface area contributed by atoms with Gasteiger partial charge in [0.25, 0.3) is 11.7 Å². The monoisotopic (exact) mass is 476 g/mol. The number of halogens is 2. The molecule has 0 bridgehead atoms. The molecule has 2 aromatic carbocycles. The Morgan fingerprint density at radius 3 is 2.31 bits per heavy atom. The van der Waals surface area contributed by atoms with Crippen molar-refractivity contribution in [2.45, 2.75) is 26.0 Å². The van der Waals surface area contributed by atoms with Gasteiger partial charge >= 0.3 is 0 Å². The lowest BCUT2D eigenvalue weighted by molar-refractivity contribution is -0.140. The van der Waals surface area contributed by atoms with Crippen molar-refractivity contribution in [1.82, 2.24) is 9.80 Å². The fraction of sp³-hybridized carbons (Fsp3) is 0.333. The van der Waals surface area contributed by atoms with Crippen molar-refractivity contribution in [2.75, 3.05) is 27.2 Å². The zero-order valence-electron chi connectivity index (χ0n) is 18.4. The molecule has 0 unspecified atom stereocenters. The van der Waals surface area contributed by atoms with Crippen LogP contribution in [0.4, 0.5) is 0 Å². The van der Waals surface area contributed by atoms with Crippen LogP contribution in [-0.4, -0.2) is 59.9 Å². The molecule has 170 valence electrons. The van der Waals surface area contributed by atoms with Crippen LogP contribution in [0.15, 0.2) is 48.0 Å². The Hall–Kier alpha value is -2.54. The van der Waals surface area contributed by atoms with E-state index in [1.165, 1.54) is 4.90 Å². The number of aliphatic hydroxyl groups excluding tert-OH is 1. The Labute approximate surface area is 198 Å². The van der Waals surface area contributed by atoms with Crippen LogP contribution in [0, 0.1) is 0 Å². The van der Waals surface area contributed by atoms with Crippen molar-refractivity contribution in [3.05, 3.63) is 69.2 Å².